The van der Waals surface area contributed by atoms with Crippen LogP contribution in [0, 0.1) is 26.8 Å². The third-order valence-corrected chi connectivity index (χ3v) is 1.10. The van der Waals surface area contributed by atoms with Crippen molar-refractivity contribution in [1.29, 1.82) is 0 Å². The minimum absolute atomic E-state index is 0. The Morgan fingerprint density at radius 2 is 1.33 bits per heavy atom. The molecule has 1 radical (unpaired) electrons. The molecule has 0 fully saturated rings. The first-order chi connectivity index (χ1) is 8.20. The Morgan fingerprint density at radius 3 is 1.50 bits per heavy atom. The van der Waals surface area contributed by atoms with Gasteiger partial charge in [-0.3, -0.25) is 0 Å². The van der Waals surface area contributed by atoms with E-state index in [2.05, 4.69) is 26.0 Å². The number of aryl methyl sites for hydroxylation is 2. The molecular formula is C17H34Y-2. The number of benzene rings is 1. The van der Waals surface area contributed by atoms with Gasteiger partial charge in [0.05, 0.1) is 0 Å². The van der Waals surface area contributed by atoms with E-state index in [1.165, 1.54) is 11.1 Å². The van der Waals surface area contributed by atoms with Gasteiger partial charge in [-0.25, -0.2) is 0 Å². The number of hydrogen-bond donors (Lipinski definition) is 0. The Morgan fingerprint density at radius 1 is 1.00 bits per heavy atom. The molecule has 0 spiro atoms. The molecule has 0 aliphatic rings. The average Bonchev–Trinajstić information content (AvgIpc) is 2.37. The Kier molecular flexibility index (Phi) is 62.0. The van der Waals surface area contributed by atoms with E-state index in [1.54, 1.807) is 0 Å². The van der Waals surface area contributed by atoms with E-state index in [-0.39, 0.29) is 32.7 Å². The van der Waals surface area contributed by atoms with Crippen LogP contribution in [0.5, 0.6) is 0 Å². The van der Waals surface area contributed by atoms with Gasteiger partial charge >= 0.3 is 0 Å². The van der Waals surface area contributed by atoms with Crippen molar-refractivity contribution in [3.63, 3.8) is 0 Å². The van der Waals surface area contributed by atoms with Gasteiger partial charge in [-0.15, -0.1) is 0 Å². The molecule has 0 N–H and O–H groups in total. The summed E-state index contributed by atoms with van der Waals surface area (Å²) in [6.07, 6.45) is 1.00. The molecule has 0 heterocycles. The smallest absolute Gasteiger partial charge is 0 e. The van der Waals surface area contributed by atoms with Gasteiger partial charge in [0.15, 0.2) is 0 Å². The van der Waals surface area contributed by atoms with Gasteiger partial charge in [-0.1, -0.05) is 62.3 Å². The van der Waals surface area contributed by atoms with Crippen molar-refractivity contribution in [1.82, 2.24) is 0 Å². The molecule has 1 heteroatoms. The van der Waals surface area contributed by atoms with Crippen molar-refractivity contribution in [2.24, 2.45) is 0 Å². The molecule has 0 saturated heterocycles. The van der Waals surface area contributed by atoms with Gasteiger partial charge in [0, 0.05) is 32.7 Å². The van der Waals surface area contributed by atoms with E-state index in [0.29, 0.717) is 0 Å². The zero-order valence-electron chi connectivity index (χ0n) is 14.2. The summed E-state index contributed by atoms with van der Waals surface area (Å²) in [5.74, 6) is 0. The fraction of sp³-hybridized carbons (Fsp3) is 0.588. The van der Waals surface area contributed by atoms with Crippen LogP contribution in [0.3, 0.4) is 0 Å². The summed E-state index contributed by atoms with van der Waals surface area (Å²) in [7, 11) is 0. The quantitative estimate of drug-likeness (QED) is 0.483. The summed E-state index contributed by atoms with van der Waals surface area (Å²) < 4.78 is 0. The number of hydrogen-bond acceptors (Lipinski definition) is 0. The third kappa shape index (κ3) is 36.0. The Hall–Kier alpha value is 0.324. The van der Waals surface area contributed by atoms with E-state index < -0.39 is 0 Å². The van der Waals surface area contributed by atoms with Gasteiger partial charge in [-0.2, -0.15) is 41.8 Å². The summed E-state index contributed by atoms with van der Waals surface area (Å²) in [6, 6.07) is 9.18. The van der Waals surface area contributed by atoms with Crippen LogP contribution in [0.25, 0.3) is 0 Å². The van der Waals surface area contributed by atoms with Crippen molar-refractivity contribution < 1.29 is 32.7 Å². The topological polar surface area (TPSA) is 0 Å². The first-order valence-corrected chi connectivity index (χ1v) is 6.95. The maximum absolute atomic E-state index is 3.49. The number of rotatable bonds is 0. The van der Waals surface area contributed by atoms with Crippen molar-refractivity contribution in [2.75, 3.05) is 0 Å². The van der Waals surface area contributed by atoms with Crippen molar-refractivity contribution >= 4 is 0 Å². The average molecular weight is 327 g/mol. The minimum atomic E-state index is 0. The molecule has 107 valence electrons. The summed E-state index contributed by atoms with van der Waals surface area (Å²) in [5, 5.41) is 0. The molecule has 0 nitrogen and oxygen atoms in total. The van der Waals surface area contributed by atoms with Gasteiger partial charge in [-0.05, 0) is 0 Å². The maximum atomic E-state index is 3.49. The van der Waals surface area contributed by atoms with Crippen LogP contribution >= 0.6 is 0 Å². The molecule has 0 aliphatic heterocycles. The second-order valence-corrected chi connectivity index (χ2v) is 2.55. The molecule has 1 aromatic carbocycles. The van der Waals surface area contributed by atoms with Crippen LogP contribution in [-0.2, 0) is 32.7 Å². The zero-order valence-corrected chi connectivity index (χ0v) is 17.1. The molecule has 1 aromatic rings. The standard InChI is InChI=1S/C8H9.C3H7.3C2H6.Y/c1-7-4-3-5-8(2)6-7;1-3-2;3*1-2;/h3-4,6H,1-2H3;1,3H2,2H3;3*1-2H3;/q2*-1;;;;. The molecule has 0 unspecified atom stereocenters. The van der Waals surface area contributed by atoms with Crippen LogP contribution in [0.15, 0.2) is 18.2 Å². The van der Waals surface area contributed by atoms with Gasteiger partial charge in [0.1, 0.15) is 0 Å². The van der Waals surface area contributed by atoms with E-state index in [4.69, 9.17) is 0 Å². The maximum Gasteiger partial charge on any atom is 0 e. The largest absolute Gasteiger partial charge is 0.344 e. The molecule has 0 saturated carbocycles. The molecular weight excluding hydrogens is 293 g/mol. The first-order valence-electron chi connectivity index (χ1n) is 6.95. The summed E-state index contributed by atoms with van der Waals surface area (Å²) in [5.41, 5.74) is 2.52. The summed E-state index contributed by atoms with van der Waals surface area (Å²) in [4.78, 5) is 0. The van der Waals surface area contributed by atoms with Crippen LogP contribution in [0.1, 0.15) is 66.0 Å². The predicted molar refractivity (Wildman–Crippen MR) is 84.4 cm³/mol. The van der Waals surface area contributed by atoms with Crippen LogP contribution < -0.4 is 0 Å². The second-order valence-electron chi connectivity index (χ2n) is 2.55. The molecule has 0 bridgehead atoms. The van der Waals surface area contributed by atoms with E-state index in [0.717, 1.165) is 6.42 Å². The first kappa shape index (κ1) is 31.0. The van der Waals surface area contributed by atoms with Gasteiger partial charge < -0.3 is 6.92 Å². The Labute approximate surface area is 143 Å². The summed E-state index contributed by atoms with van der Waals surface area (Å²) in [6.45, 7) is 21.6. The normalized spacial score (nSPS) is 6.11. The summed E-state index contributed by atoms with van der Waals surface area (Å²) >= 11 is 0. The van der Waals surface area contributed by atoms with E-state index in [9.17, 15) is 0 Å². The van der Waals surface area contributed by atoms with Crippen molar-refractivity contribution in [2.45, 2.75) is 68.7 Å². The fourth-order valence-corrected chi connectivity index (χ4v) is 0.736. The molecule has 1 rings (SSSR count). The predicted octanol–water partition coefficient (Wildman–Crippen LogP) is 6.41. The third-order valence-electron chi connectivity index (χ3n) is 1.10. The van der Waals surface area contributed by atoms with Crippen molar-refractivity contribution in [3.05, 3.63) is 42.3 Å². The Bertz CT molecular complexity index is 177. The van der Waals surface area contributed by atoms with Crippen LogP contribution in [-0.4, -0.2) is 0 Å². The molecule has 0 amide bonds. The van der Waals surface area contributed by atoms with Gasteiger partial charge in [0.2, 0.25) is 0 Å². The van der Waals surface area contributed by atoms with Crippen molar-refractivity contribution in [3.8, 4) is 0 Å². The van der Waals surface area contributed by atoms with Gasteiger partial charge in [0.25, 0.3) is 0 Å². The zero-order chi connectivity index (χ0) is 14.7. The minimum Gasteiger partial charge on any atom is -0.344 e. The Balaban J connectivity index is -0.0000000486. The fourth-order valence-electron chi connectivity index (χ4n) is 0.736. The monoisotopic (exact) mass is 327 g/mol. The molecule has 0 atom stereocenters. The SMILES string of the molecule is CC.CC.CC.Cc1[c-]ccc(C)c1.[CH2-]CC.[Y]. The van der Waals surface area contributed by atoms with Crippen LogP contribution in [0.2, 0.25) is 0 Å². The van der Waals surface area contributed by atoms with Crippen LogP contribution in [0.4, 0.5) is 0 Å². The molecule has 18 heavy (non-hydrogen) atoms. The molecule has 0 aromatic heterocycles. The van der Waals surface area contributed by atoms with E-state index in [1.807, 2.05) is 67.5 Å². The van der Waals surface area contributed by atoms with E-state index >= 15 is 0 Å². The molecule has 0 aliphatic carbocycles. The second kappa shape index (κ2) is 36.0.